The third-order valence-electron chi connectivity index (χ3n) is 4.63. The minimum Gasteiger partial charge on any atom is -0.314 e. The van der Waals surface area contributed by atoms with E-state index in [0.717, 1.165) is 24.7 Å². The highest BCUT2D eigenvalue weighted by Gasteiger charge is 2.34. The normalized spacial score (nSPS) is 23.0. The van der Waals surface area contributed by atoms with Crippen LogP contribution in [0.15, 0.2) is 24.3 Å². The molecule has 0 amide bonds. The third-order valence-corrected chi connectivity index (χ3v) is 4.63. The number of hydrogen-bond donors (Lipinski definition) is 1. The summed E-state index contributed by atoms with van der Waals surface area (Å²) >= 11 is 0. The van der Waals surface area contributed by atoms with E-state index in [1.165, 1.54) is 31.7 Å². The van der Waals surface area contributed by atoms with Crippen molar-refractivity contribution in [3.8, 4) is 6.07 Å². The molecule has 0 aromatic heterocycles. The van der Waals surface area contributed by atoms with Gasteiger partial charge in [0, 0.05) is 51.4 Å². The topological polar surface area (TPSA) is 42.3 Å². The summed E-state index contributed by atoms with van der Waals surface area (Å²) in [4.78, 5) is 5.13. The predicted octanol–water partition coefficient (Wildman–Crippen LogP) is 1.21. The van der Waals surface area contributed by atoms with Crippen LogP contribution in [0.5, 0.6) is 0 Å². The summed E-state index contributed by atoms with van der Waals surface area (Å²) in [6.45, 7) is 9.22. The molecule has 2 aliphatic heterocycles. The van der Waals surface area contributed by atoms with E-state index in [1.807, 2.05) is 12.1 Å². The number of nitrogens with zero attached hydrogens (tertiary/aromatic N) is 3. The van der Waals surface area contributed by atoms with Crippen LogP contribution in [0.2, 0.25) is 0 Å². The van der Waals surface area contributed by atoms with Crippen molar-refractivity contribution in [2.45, 2.75) is 19.0 Å². The van der Waals surface area contributed by atoms with E-state index in [4.69, 9.17) is 5.26 Å². The Bertz CT molecular complexity index is 478. The summed E-state index contributed by atoms with van der Waals surface area (Å²) in [6.07, 6.45) is 0. The number of rotatable bonds is 3. The quantitative estimate of drug-likeness (QED) is 0.896. The van der Waals surface area contributed by atoms with Gasteiger partial charge in [0.05, 0.1) is 11.6 Å². The van der Waals surface area contributed by atoms with Gasteiger partial charge in [-0.15, -0.1) is 0 Å². The molecule has 1 aromatic rings. The Hall–Kier alpha value is -1.41. The van der Waals surface area contributed by atoms with Gasteiger partial charge in [-0.25, -0.2) is 0 Å². The number of benzene rings is 1. The summed E-state index contributed by atoms with van der Waals surface area (Å²) in [7, 11) is 0. The summed E-state index contributed by atoms with van der Waals surface area (Å²) in [5, 5.41) is 12.2. The summed E-state index contributed by atoms with van der Waals surface area (Å²) in [5.74, 6) is 0. The van der Waals surface area contributed by atoms with Crippen molar-refractivity contribution in [2.75, 3.05) is 39.3 Å². The second kappa shape index (κ2) is 5.92. The Morgan fingerprint density at radius 1 is 1.20 bits per heavy atom. The molecule has 4 heteroatoms. The van der Waals surface area contributed by atoms with Gasteiger partial charge in [0.15, 0.2) is 0 Å². The van der Waals surface area contributed by atoms with Crippen molar-refractivity contribution in [1.29, 1.82) is 5.26 Å². The first-order chi connectivity index (χ1) is 9.78. The van der Waals surface area contributed by atoms with Crippen LogP contribution in [0.1, 0.15) is 24.1 Å². The summed E-state index contributed by atoms with van der Waals surface area (Å²) < 4.78 is 0. The fraction of sp³-hybridized carbons (Fsp3) is 0.562. The SMILES string of the molecule is CC(c1ccc(C#N)cc1)N1CC(N2CCNCC2)C1. The Balaban J connectivity index is 1.54. The van der Waals surface area contributed by atoms with Gasteiger partial charge in [0.25, 0.3) is 0 Å². The Kier molecular flexibility index (Phi) is 4.02. The molecule has 20 heavy (non-hydrogen) atoms. The van der Waals surface area contributed by atoms with E-state index in [0.29, 0.717) is 6.04 Å². The fourth-order valence-corrected chi connectivity index (χ4v) is 3.13. The van der Waals surface area contributed by atoms with E-state index in [-0.39, 0.29) is 0 Å². The lowest BCUT2D eigenvalue weighted by atomic mass is 9.98. The van der Waals surface area contributed by atoms with Gasteiger partial charge in [-0.05, 0) is 24.6 Å². The molecule has 1 aromatic carbocycles. The van der Waals surface area contributed by atoms with Crippen LogP contribution in [0.25, 0.3) is 0 Å². The molecule has 0 bridgehead atoms. The minimum atomic E-state index is 0.446. The highest BCUT2D eigenvalue weighted by atomic mass is 15.3. The highest BCUT2D eigenvalue weighted by Crippen LogP contribution is 2.27. The minimum absolute atomic E-state index is 0.446. The maximum atomic E-state index is 8.84. The van der Waals surface area contributed by atoms with Crippen molar-refractivity contribution in [2.24, 2.45) is 0 Å². The van der Waals surface area contributed by atoms with Gasteiger partial charge in [0.2, 0.25) is 0 Å². The molecule has 1 atom stereocenters. The Morgan fingerprint density at radius 2 is 1.85 bits per heavy atom. The maximum Gasteiger partial charge on any atom is 0.0991 e. The molecule has 106 valence electrons. The zero-order valence-electron chi connectivity index (χ0n) is 12.0. The first-order valence-corrected chi connectivity index (χ1v) is 7.47. The molecule has 3 rings (SSSR count). The lowest BCUT2D eigenvalue weighted by Gasteiger charge is -2.49. The van der Waals surface area contributed by atoms with Crippen LogP contribution in [-0.2, 0) is 0 Å². The lowest BCUT2D eigenvalue weighted by molar-refractivity contribution is 0.00347. The van der Waals surface area contributed by atoms with Gasteiger partial charge < -0.3 is 5.32 Å². The van der Waals surface area contributed by atoms with E-state index >= 15 is 0 Å². The molecule has 0 spiro atoms. The second-order valence-electron chi connectivity index (χ2n) is 5.80. The number of nitriles is 1. The van der Waals surface area contributed by atoms with Crippen molar-refractivity contribution >= 4 is 0 Å². The van der Waals surface area contributed by atoms with E-state index in [2.05, 4.69) is 40.2 Å². The smallest absolute Gasteiger partial charge is 0.0991 e. The average Bonchev–Trinajstić information content (AvgIpc) is 2.47. The van der Waals surface area contributed by atoms with Crippen molar-refractivity contribution in [3.63, 3.8) is 0 Å². The number of hydrogen-bond acceptors (Lipinski definition) is 4. The zero-order chi connectivity index (χ0) is 13.9. The maximum absolute atomic E-state index is 8.84. The van der Waals surface area contributed by atoms with Crippen LogP contribution >= 0.6 is 0 Å². The molecule has 2 saturated heterocycles. The van der Waals surface area contributed by atoms with Gasteiger partial charge in [-0.3, -0.25) is 9.80 Å². The van der Waals surface area contributed by atoms with Crippen molar-refractivity contribution in [1.82, 2.24) is 15.1 Å². The van der Waals surface area contributed by atoms with Crippen LogP contribution < -0.4 is 5.32 Å². The molecule has 4 nitrogen and oxygen atoms in total. The van der Waals surface area contributed by atoms with Crippen molar-refractivity contribution < 1.29 is 0 Å². The van der Waals surface area contributed by atoms with Crippen LogP contribution in [0.4, 0.5) is 0 Å². The molecule has 0 radical (unpaired) electrons. The van der Waals surface area contributed by atoms with Crippen LogP contribution in [-0.4, -0.2) is 55.1 Å². The van der Waals surface area contributed by atoms with Crippen LogP contribution in [0, 0.1) is 11.3 Å². The Morgan fingerprint density at radius 3 is 2.45 bits per heavy atom. The number of piperazine rings is 1. The van der Waals surface area contributed by atoms with Crippen molar-refractivity contribution in [3.05, 3.63) is 35.4 Å². The number of likely N-dealkylation sites (tertiary alicyclic amines) is 1. The molecule has 2 fully saturated rings. The summed E-state index contributed by atoms with van der Waals surface area (Å²) in [6, 6.07) is 11.4. The number of nitrogens with one attached hydrogen (secondary N) is 1. The van der Waals surface area contributed by atoms with Crippen LogP contribution in [0.3, 0.4) is 0 Å². The largest absolute Gasteiger partial charge is 0.314 e. The lowest BCUT2D eigenvalue weighted by Crippen LogP contribution is -2.62. The monoisotopic (exact) mass is 270 g/mol. The zero-order valence-corrected chi connectivity index (χ0v) is 12.0. The third kappa shape index (κ3) is 2.71. The van der Waals surface area contributed by atoms with Gasteiger partial charge in [0.1, 0.15) is 0 Å². The first-order valence-electron chi connectivity index (χ1n) is 7.47. The van der Waals surface area contributed by atoms with Gasteiger partial charge >= 0.3 is 0 Å². The summed E-state index contributed by atoms with van der Waals surface area (Å²) in [5.41, 5.74) is 2.05. The van der Waals surface area contributed by atoms with E-state index in [9.17, 15) is 0 Å². The molecule has 0 aliphatic carbocycles. The first kappa shape index (κ1) is 13.6. The molecule has 1 unspecified atom stereocenters. The molecule has 2 aliphatic rings. The standard InChI is InChI=1S/C16H22N4/c1-13(15-4-2-14(10-17)3-5-15)20-11-16(12-20)19-8-6-18-7-9-19/h2-5,13,16,18H,6-9,11-12H2,1H3. The van der Waals surface area contributed by atoms with E-state index < -0.39 is 0 Å². The van der Waals surface area contributed by atoms with Gasteiger partial charge in [-0.2, -0.15) is 5.26 Å². The molecule has 0 saturated carbocycles. The molecule has 2 heterocycles. The van der Waals surface area contributed by atoms with E-state index in [1.54, 1.807) is 0 Å². The Labute approximate surface area is 121 Å². The van der Waals surface area contributed by atoms with Gasteiger partial charge in [-0.1, -0.05) is 12.1 Å². The fourth-order valence-electron chi connectivity index (χ4n) is 3.13. The second-order valence-corrected chi connectivity index (χ2v) is 5.80. The predicted molar refractivity (Wildman–Crippen MR) is 79.4 cm³/mol. The molecular weight excluding hydrogens is 248 g/mol. The highest BCUT2D eigenvalue weighted by molar-refractivity contribution is 5.32. The molecular formula is C16H22N4. The average molecular weight is 270 g/mol. The molecule has 1 N–H and O–H groups in total.